The summed E-state index contributed by atoms with van der Waals surface area (Å²) in [6.07, 6.45) is -0.703. The highest BCUT2D eigenvalue weighted by Crippen LogP contribution is 2.36. The van der Waals surface area contributed by atoms with Crippen LogP contribution in [0.4, 0.5) is 4.79 Å². The second-order valence-corrected chi connectivity index (χ2v) is 7.32. The predicted octanol–water partition coefficient (Wildman–Crippen LogP) is 2.55. The van der Waals surface area contributed by atoms with Crippen LogP contribution < -0.4 is 5.32 Å². The molecule has 4 rings (SSSR count). The first-order chi connectivity index (χ1) is 13.5. The lowest BCUT2D eigenvalue weighted by Gasteiger charge is -2.39. The van der Waals surface area contributed by atoms with Crippen LogP contribution in [0.1, 0.15) is 22.0 Å². The van der Waals surface area contributed by atoms with Crippen molar-refractivity contribution in [2.45, 2.75) is 18.2 Å². The quantitative estimate of drug-likeness (QED) is 0.584. The number of imide groups is 1. The Kier molecular flexibility index (Phi) is 4.72. The number of carbonyl (C=O) groups is 3. The first-order valence-corrected chi connectivity index (χ1v) is 9.52. The minimum absolute atomic E-state index is 0.160. The van der Waals surface area contributed by atoms with Crippen molar-refractivity contribution in [3.8, 4) is 0 Å². The average molecular weight is 441 g/mol. The Hall–Kier alpha value is -3.00. The first-order valence-electron chi connectivity index (χ1n) is 8.72. The summed E-state index contributed by atoms with van der Waals surface area (Å²) < 4.78 is 0.359. The number of halogens is 1. The molecule has 8 heteroatoms. The molecule has 0 radical (unpaired) electrons. The van der Waals surface area contributed by atoms with Gasteiger partial charge < -0.3 is 9.80 Å². The first kappa shape index (κ1) is 18.4. The van der Waals surface area contributed by atoms with Crippen molar-refractivity contribution in [2.24, 2.45) is 4.99 Å². The fourth-order valence-electron chi connectivity index (χ4n) is 3.55. The van der Waals surface area contributed by atoms with Crippen molar-refractivity contribution >= 4 is 38.4 Å². The highest BCUT2D eigenvalue weighted by molar-refractivity contribution is 9.18. The van der Waals surface area contributed by atoms with Crippen LogP contribution in [0.3, 0.4) is 0 Å². The smallest absolute Gasteiger partial charge is 0.321 e. The predicted molar refractivity (Wildman–Crippen MR) is 107 cm³/mol. The molecule has 0 aliphatic carbocycles. The number of Topliss-reactive ketones (excluding diaryl/α,β-unsaturated/α-hetero) is 1. The molecule has 2 aliphatic heterocycles. The van der Waals surface area contributed by atoms with E-state index in [0.29, 0.717) is 10.3 Å². The van der Waals surface area contributed by atoms with Crippen molar-refractivity contribution < 1.29 is 14.4 Å². The lowest BCUT2D eigenvalue weighted by molar-refractivity contribution is -0.127. The van der Waals surface area contributed by atoms with Gasteiger partial charge in [0, 0.05) is 12.6 Å². The summed E-state index contributed by atoms with van der Waals surface area (Å²) in [7, 11) is 1.57. The van der Waals surface area contributed by atoms with E-state index >= 15 is 0 Å². The maximum atomic E-state index is 13.5. The van der Waals surface area contributed by atoms with E-state index in [1.807, 2.05) is 36.4 Å². The number of aliphatic imine (C=N–C) groups is 1. The number of urea groups is 1. The zero-order valence-corrected chi connectivity index (χ0v) is 16.5. The van der Waals surface area contributed by atoms with Crippen LogP contribution in [0, 0.1) is 0 Å². The minimum atomic E-state index is -0.810. The molecule has 0 saturated carbocycles. The van der Waals surface area contributed by atoms with Gasteiger partial charge >= 0.3 is 6.03 Å². The molecule has 2 aromatic carbocycles. The molecule has 2 aliphatic rings. The number of carbonyl (C=O) groups excluding carboxylic acids is 3. The molecule has 3 atom stereocenters. The standard InChI is InChI=1S/C20H17BrN4O3/c1-24-17-15(18(27)23-20(24)28)25(19(21)22-17)14(12-8-4-2-5-9-12)16(26)13-10-6-3-7-11-13/h2-11,14-15,17H,1H3,(H,23,27,28). The van der Waals surface area contributed by atoms with Gasteiger partial charge in [0.15, 0.2) is 22.7 Å². The summed E-state index contributed by atoms with van der Waals surface area (Å²) in [6.45, 7) is 0. The van der Waals surface area contributed by atoms with Gasteiger partial charge in [0.05, 0.1) is 0 Å². The fourth-order valence-corrected chi connectivity index (χ4v) is 4.19. The fraction of sp³-hybridized carbons (Fsp3) is 0.200. The molecule has 0 aromatic heterocycles. The van der Waals surface area contributed by atoms with E-state index in [9.17, 15) is 14.4 Å². The van der Waals surface area contributed by atoms with Crippen molar-refractivity contribution in [2.75, 3.05) is 7.05 Å². The third-order valence-corrected chi connectivity index (χ3v) is 5.56. The highest BCUT2D eigenvalue weighted by Gasteiger charge is 2.51. The van der Waals surface area contributed by atoms with Crippen LogP contribution in [-0.4, -0.2) is 51.5 Å². The van der Waals surface area contributed by atoms with E-state index in [4.69, 9.17) is 0 Å². The van der Waals surface area contributed by atoms with Gasteiger partial charge in [-0.25, -0.2) is 9.79 Å². The SMILES string of the molecule is CN1C(=O)NC(=O)C2C1N=C(Br)N2C(C(=O)c1ccccc1)c1ccccc1. The molecule has 142 valence electrons. The van der Waals surface area contributed by atoms with E-state index < -0.39 is 30.2 Å². The minimum Gasteiger partial charge on any atom is -0.321 e. The van der Waals surface area contributed by atoms with E-state index in [0.717, 1.165) is 5.56 Å². The van der Waals surface area contributed by atoms with Gasteiger partial charge in [0.1, 0.15) is 6.04 Å². The lowest BCUT2D eigenvalue weighted by atomic mass is 9.94. The molecule has 1 saturated heterocycles. The van der Waals surface area contributed by atoms with Gasteiger partial charge in [-0.2, -0.15) is 0 Å². The molecular weight excluding hydrogens is 424 g/mol. The Balaban J connectivity index is 1.81. The molecule has 1 N–H and O–H groups in total. The van der Waals surface area contributed by atoms with Crippen molar-refractivity contribution in [3.05, 3.63) is 71.8 Å². The molecule has 0 spiro atoms. The number of ketones is 1. The number of nitrogens with zero attached hydrogens (tertiary/aromatic N) is 3. The molecule has 2 aromatic rings. The summed E-state index contributed by atoms with van der Waals surface area (Å²) in [4.78, 5) is 45.6. The largest absolute Gasteiger partial charge is 0.325 e. The summed E-state index contributed by atoms with van der Waals surface area (Å²) in [5.41, 5.74) is 1.26. The van der Waals surface area contributed by atoms with Gasteiger partial charge in [-0.3, -0.25) is 14.9 Å². The molecule has 1 fully saturated rings. The van der Waals surface area contributed by atoms with Crippen LogP contribution in [-0.2, 0) is 4.79 Å². The summed E-state index contributed by atoms with van der Waals surface area (Å²) in [5, 5.41) is 2.34. The number of rotatable bonds is 4. The maximum Gasteiger partial charge on any atom is 0.325 e. The second-order valence-electron chi connectivity index (χ2n) is 6.61. The van der Waals surface area contributed by atoms with Gasteiger partial charge in [-0.05, 0) is 21.5 Å². The highest BCUT2D eigenvalue weighted by atomic mass is 79.9. The van der Waals surface area contributed by atoms with Gasteiger partial charge in [0.2, 0.25) is 0 Å². The number of amides is 3. The number of hydrogen-bond donors (Lipinski definition) is 1. The number of benzene rings is 2. The Morgan fingerprint density at radius 3 is 2.32 bits per heavy atom. The van der Waals surface area contributed by atoms with Gasteiger partial charge in [-0.15, -0.1) is 0 Å². The van der Waals surface area contributed by atoms with E-state index in [2.05, 4.69) is 26.2 Å². The topological polar surface area (TPSA) is 82.1 Å². The molecule has 28 heavy (non-hydrogen) atoms. The molecule has 2 heterocycles. The second kappa shape index (κ2) is 7.20. The number of amidine groups is 1. The third-order valence-electron chi connectivity index (χ3n) is 4.95. The van der Waals surface area contributed by atoms with E-state index in [-0.39, 0.29) is 5.78 Å². The lowest BCUT2D eigenvalue weighted by Crippen LogP contribution is -2.64. The third kappa shape index (κ3) is 2.99. The van der Waals surface area contributed by atoms with Gasteiger partial charge in [0.25, 0.3) is 5.91 Å². The van der Waals surface area contributed by atoms with Crippen molar-refractivity contribution in [1.82, 2.24) is 15.1 Å². The van der Waals surface area contributed by atoms with E-state index in [1.165, 1.54) is 4.90 Å². The van der Waals surface area contributed by atoms with Crippen molar-refractivity contribution in [1.29, 1.82) is 0 Å². The van der Waals surface area contributed by atoms with Crippen molar-refractivity contribution in [3.63, 3.8) is 0 Å². The Morgan fingerprint density at radius 2 is 1.68 bits per heavy atom. The molecular formula is C20H17BrN4O3. The average Bonchev–Trinajstić information content (AvgIpc) is 3.05. The number of nitrogens with one attached hydrogen (secondary N) is 1. The normalized spacial score (nSPS) is 22.4. The zero-order chi connectivity index (χ0) is 19.8. The van der Waals surface area contributed by atoms with Crippen LogP contribution in [0.2, 0.25) is 0 Å². The van der Waals surface area contributed by atoms with Crippen LogP contribution in [0.15, 0.2) is 65.7 Å². The summed E-state index contributed by atoms with van der Waals surface area (Å²) >= 11 is 3.41. The number of likely N-dealkylation sites (N-methyl/N-ethyl adjacent to an activating group) is 1. The monoisotopic (exact) mass is 440 g/mol. The number of hydrogen-bond acceptors (Lipinski definition) is 5. The summed E-state index contributed by atoms with van der Waals surface area (Å²) in [5.74, 6) is -0.639. The maximum absolute atomic E-state index is 13.5. The van der Waals surface area contributed by atoms with Gasteiger partial charge in [-0.1, -0.05) is 60.7 Å². The molecule has 3 unspecified atom stereocenters. The molecule has 7 nitrogen and oxygen atoms in total. The number of fused-ring (bicyclic) bond motifs is 1. The molecule has 3 amide bonds. The van der Waals surface area contributed by atoms with E-state index in [1.54, 1.807) is 36.2 Å². The summed E-state index contributed by atoms with van der Waals surface area (Å²) in [6, 6.07) is 16.1. The van der Waals surface area contributed by atoms with Crippen LogP contribution in [0.5, 0.6) is 0 Å². The zero-order valence-electron chi connectivity index (χ0n) is 14.9. The van der Waals surface area contributed by atoms with Crippen LogP contribution >= 0.6 is 15.9 Å². The van der Waals surface area contributed by atoms with Crippen LogP contribution in [0.25, 0.3) is 0 Å². The Bertz CT molecular complexity index is 964. The Morgan fingerprint density at radius 1 is 1.07 bits per heavy atom. The molecule has 0 bridgehead atoms. The Labute approximate surface area is 170 Å².